The highest BCUT2D eigenvalue weighted by Crippen LogP contribution is 2.26. The van der Waals surface area contributed by atoms with Gasteiger partial charge in [-0.1, -0.05) is 23.7 Å². The van der Waals surface area contributed by atoms with Crippen LogP contribution in [0.25, 0.3) is 23.0 Å². The van der Waals surface area contributed by atoms with Crippen molar-refractivity contribution in [3.8, 4) is 17.4 Å². The van der Waals surface area contributed by atoms with E-state index in [2.05, 4.69) is 28.7 Å². The zero-order valence-electron chi connectivity index (χ0n) is 12.0. The van der Waals surface area contributed by atoms with Crippen LogP contribution in [0.1, 0.15) is 11.3 Å². The summed E-state index contributed by atoms with van der Waals surface area (Å²) in [7, 11) is 0. The molecule has 1 aromatic heterocycles. The topological polar surface area (TPSA) is 36.9 Å². The SMILES string of the molecule is N#C/C(=C/c1ccc(-c2ccc(Cl)cc2)o1)c1ccc(I)cc1. The minimum atomic E-state index is 0.568. The van der Waals surface area contributed by atoms with Crippen LogP contribution in [0.15, 0.2) is 65.1 Å². The number of benzene rings is 2. The average Bonchev–Trinajstić information content (AvgIpc) is 3.03. The maximum Gasteiger partial charge on any atom is 0.134 e. The summed E-state index contributed by atoms with van der Waals surface area (Å²) in [6, 6.07) is 21.2. The van der Waals surface area contributed by atoms with Gasteiger partial charge in [-0.15, -0.1) is 0 Å². The number of rotatable bonds is 3. The van der Waals surface area contributed by atoms with Crippen LogP contribution in [0.5, 0.6) is 0 Å². The van der Waals surface area contributed by atoms with E-state index in [9.17, 15) is 5.26 Å². The Morgan fingerprint density at radius 2 is 1.70 bits per heavy atom. The summed E-state index contributed by atoms with van der Waals surface area (Å²) in [5.74, 6) is 1.39. The second-order valence-electron chi connectivity index (χ2n) is 4.89. The Bertz CT molecular complexity index is 886. The minimum absolute atomic E-state index is 0.568. The van der Waals surface area contributed by atoms with Gasteiger partial charge < -0.3 is 4.42 Å². The van der Waals surface area contributed by atoms with Gasteiger partial charge in [-0.05, 0) is 82.8 Å². The molecule has 0 fully saturated rings. The molecule has 0 bridgehead atoms. The second kappa shape index (κ2) is 7.03. The largest absolute Gasteiger partial charge is 0.457 e. The van der Waals surface area contributed by atoms with Crippen molar-refractivity contribution in [3.63, 3.8) is 0 Å². The van der Waals surface area contributed by atoms with Crippen LogP contribution in [0.2, 0.25) is 5.02 Å². The van der Waals surface area contributed by atoms with E-state index in [4.69, 9.17) is 16.0 Å². The van der Waals surface area contributed by atoms with Crippen LogP contribution in [0, 0.1) is 14.9 Å². The Morgan fingerprint density at radius 1 is 1.00 bits per heavy atom. The molecule has 2 aromatic carbocycles. The summed E-state index contributed by atoms with van der Waals surface area (Å²) in [4.78, 5) is 0. The lowest BCUT2D eigenvalue weighted by molar-refractivity contribution is 0.572. The van der Waals surface area contributed by atoms with E-state index < -0.39 is 0 Å². The highest BCUT2D eigenvalue weighted by Gasteiger charge is 2.06. The molecule has 3 rings (SSSR count). The molecule has 0 spiro atoms. The molecule has 2 nitrogen and oxygen atoms in total. The number of furan rings is 1. The summed E-state index contributed by atoms with van der Waals surface area (Å²) in [5, 5.41) is 10.1. The van der Waals surface area contributed by atoms with Crippen LogP contribution in [0.3, 0.4) is 0 Å². The number of halogens is 2. The van der Waals surface area contributed by atoms with E-state index in [1.54, 1.807) is 6.08 Å². The first-order valence-electron chi connectivity index (χ1n) is 6.89. The maximum absolute atomic E-state index is 9.39. The number of hydrogen-bond acceptors (Lipinski definition) is 2. The molecule has 0 aliphatic rings. The Labute approximate surface area is 153 Å². The van der Waals surface area contributed by atoms with Gasteiger partial charge in [-0.2, -0.15) is 5.26 Å². The van der Waals surface area contributed by atoms with Gasteiger partial charge in [0, 0.05) is 14.2 Å². The van der Waals surface area contributed by atoms with Gasteiger partial charge in [0.1, 0.15) is 11.5 Å². The molecule has 112 valence electrons. The summed E-state index contributed by atoms with van der Waals surface area (Å²) >= 11 is 8.13. The van der Waals surface area contributed by atoms with Crippen molar-refractivity contribution in [3.05, 3.63) is 80.6 Å². The summed E-state index contributed by atoms with van der Waals surface area (Å²) in [6.45, 7) is 0. The Kier molecular flexibility index (Phi) is 4.85. The van der Waals surface area contributed by atoms with Crippen LogP contribution in [-0.4, -0.2) is 0 Å². The molecular weight excluding hydrogens is 421 g/mol. The fourth-order valence-electron chi connectivity index (χ4n) is 2.15. The van der Waals surface area contributed by atoms with Crippen LogP contribution < -0.4 is 0 Å². The van der Waals surface area contributed by atoms with E-state index in [-0.39, 0.29) is 0 Å². The standard InChI is InChI=1S/C19H11ClINO/c20-16-5-1-14(2-6-16)19-10-9-18(23-19)11-15(12-22)13-3-7-17(21)8-4-13/h1-11H/b15-11-. The molecule has 0 N–H and O–H groups in total. The summed E-state index contributed by atoms with van der Waals surface area (Å²) < 4.78 is 6.95. The van der Waals surface area contributed by atoms with E-state index in [1.807, 2.05) is 60.7 Å². The highest BCUT2D eigenvalue weighted by molar-refractivity contribution is 14.1. The first-order valence-corrected chi connectivity index (χ1v) is 8.35. The van der Waals surface area contributed by atoms with Crippen molar-refractivity contribution in [2.45, 2.75) is 0 Å². The molecule has 23 heavy (non-hydrogen) atoms. The molecule has 0 amide bonds. The molecule has 1 heterocycles. The van der Waals surface area contributed by atoms with Gasteiger partial charge in [-0.3, -0.25) is 0 Å². The zero-order chi connectivity index (χ0) is 16.2. The maximum atomic E-state index is 9.39. The molecule has 0 unspecified atom stereocenters. The predicted molar refractivity (Wildman–Crippen MR) is 102 cm³/mol. The van der Waals surface area contributed by atoms with Crippen molar-refractivity contribution in [1.29, 1.82) is 5.26 Å². The summed E-state index contributed by atoms with van der Waals surface area (Å²) in [5.41, 5.74) is 2.39. The third kappa shape index (κ3) is 3.84. The fourth-order valence-corrected chi connectivity index (χ4v) is 2.64. The molecule has 0 saturated heterocycles. The predicted octanol–water partition coefficient (Wildman–Crippen LogP) is 6.27. The first kappa shape index (κ1) is 15.9. The Morgan fingerprint density at radius 3 is 2.35 bits per heavy atom. The van der Waals surface area contributed by atoms with Crippen molar-refractivity contribution in [2.24, 2.45) is 0 Å². The van der Waals surface area contributed by atoms with E-state index in [1.165, 1.54) is 0 Å². The molecule has 0 aliphatic heterocycles. The molecule has 0 radical (unpaired) electrons. The number of allylic oxidation sites excluding steroid dienone is 1. The third-order valence-electron chi connectivity index (χ3n) is 3.32. The lowest BCUT2D eigenvalue weighted by Gasteiger charge is -1.99. The quantitative estimate of drug-likeness (QED) is 0.362. The number of nitrogens with zero attached hydrogens (tertiary/aromatic N) is 1. The van der Waals surface area contributed by atoms with Crippen molar-refractivity contribution < 1.29 is 4.42 Å². The molecule has 0 saturated carbocycles. The monoisotopic (exact) mass is 431 g/mol. The van der Waals surface area contributed by atoms with Crippen LogP contribution >= 0.6 is 34.2 Å². The van der Waals surface area contributed by atoms with Crippen molar-refractivity contribution >= 4 is 45.8 Å². The molecule has 0 atom stereocenters. The normalized spacial score (nSPS) is 11.3. The second-order valence-corrected chi connectivity index (χ2v) is 6.57. The van der Waals surface area contributed by atoms with E-state index in [0.717, 1.165) is 20.5 Å². The minimum Gasteiger partial charge on any atom is -0.457 e. The third-order valence-corrected chi connectivity index (χ3v) is 4.29. The van der Waals surface area contributed by atoms with Crippen molar-refractivity contribution in [2.75, 3.05) is 0 Å². The molecule has 0 aliphatic carbocycles. The Balaban J connectivity index is 1.91. The van der Waals surface area contributed by atoms with E-state index in [0.29, 0.717) is 16.4 Å². The van der Waals surface area contributed by atoms with E-state index >= 15 is 0 Å². The van der Waals surface area contributed by atoms with Crippen LogP contribution in [0.4, 0.5) is 0 Å². The van der Waals surface area contributed by atoms with Crippen molar-refractivity contribution in [1.82, 2.24) is 0 Å². The average molecular weight is 432 g/mol. The molecule has 3 aromatic rings. The smallest absolute Gasteiger partial charge is 0.134 e. The number of hydrogen-bond donors (Lipinski definition) is 0. The lowest BCUT2D eigenvalue weighted by Crippen LogP contribution is -1.81. The number of nitriles is 1. The highest BCUT2D eigenvalue weighted by atomic mass is 127. The fraction of sp³-hybridized carbons (Fsp3) is 0. The first-order chi connectivity index (χ1) is 11.2. The van der Waals surface area contributed by atoms with Crippen LogP contribution in [-0.2, 0) is 0 Å². The lowest BCUT2D eigenvalue weighted by atomic mass is 10.1. The zero-order valence-corrected chi connectivity index (χ0v) is 14.9. The summed E-state index contributed by atoms with van der Waals surface area (Å²) in [6.07, 6.45) is 1.75. The Hall–Kier alpha value is -2.03. The van der Waals surface area contributed by atoms with Gasteiger partial charge >= 0.3 is 0 Å². The molecule has 4 heteroatoms. The van der Waals surface area contributed by atoms with Gasteiger partial charge in [0.05, 0.1) is 11.6 Å². The van der Waals surface area contributed by atoms with Gasteiger partial charge in [-0.25, -0.2) is 0 Å². The molecular formula is C19H11ClINO. The van der Waals surface area contributed by atoms with Gasteiger partial charge in [0.15, 0.2) is 0 Å². The van der Waals surface area contributed by atoms with Gasteiger partial charge in [0.2, 0.25) is 0 Å². The van der Waals surface area contributed by atoms with Gasteiger partial charge in [0.25, 0.3) is 0 Å².